The van der Waals surface area contributed by atoms with E-state index in [1.165, 1.54) is 22.5 Å². The summed E-state index contributed by atoms with van der Waals surface area (Å²) in [6, 6.07) is 16.4. The minimum absolute atomic E-state index is 0.00593. The lowest BCUT2D eigenvalue weighted by Crippen LogP contribution is -2.24. The Hall–Kier alpha value is -2.71. The number of nitrogens with one attached hydrogen (secondary N) is 1. The number of aryl methyl sites for hydroxylation is 2. The predicted molar refractivity (Wildman–Crippen MR) is 131 cm³/mol. The molecule has 8 heteroatoms. The largest absolute Gasteiger partial charge is 0.312 e. The van der Waals surface area contributed by atoms with E-state index in [-0.39, 0.29) is 17.7 Å². The number of carbonyl (C=O) groups is 2. The van der Waals surface area contributed by atoms with Crippen molar-refractivity contribution in [3.8, 4) is 0 Å². The fourth-order valence-electron chi connectivity index (χ4n) is 3.56. The second-order valence-electron chi connectivity index (χ2n) is 7.83. The summed E-state index contributed by atoms with van der Waals surface area (Å²) >= 11 is 3.01. The fraction of sp³-hybridized carbons (Fsp3) is 0.333. The number of nitrogens with zero attached hydrogens (tertiary/aromatic N) is 3. The van der Waals surface area contributed by atoms with Gasteiger partial charge < -0.3 is 10.2 Å². The van der Waals surface area contributed by atoms with Crippen LogP contribution in [-0.2, 0) is 16.0 Å². The van der Waals surface area contributed by atoms with Crippen molar-refractivity contribution in [3.05, 3.63) is 64.7 Å². The van der Waals surface area contributed by atoms with Gasteiger partial charge in [0, 0.05) is 41.6 Å². The Morgan fingerprint density at radius 1 is 1.16 bits per heavy atom. The number of hydrogen-bond donors (Lipinski definition) is 1. The number of hydrogen-bond acceptors (Lipinski definition) is 6. The summed E-state index contributed by atoms with van der Waals surface area (Å²) in [5, 5.41) is 12.5. The van der Waals surface area contributed by atoms with Crippen LogP contribution in [0.4, 0.5) is 10.8 Å². The molecule has 2 amide bonds. The van der Waals surface area contributed by atoms with Gasteiger partial charge in [-0.05, 0) is 43.2 Å². The third kappa shape index (κ3) is 5.55. The average Bonchev–Trinajstić information content (AvgIpc) is 3.41. The van der Waals surface area contributed by atoms with Crippen molar-refractivity contribution in [1.82, 2.24) is 10.2 Å². The number of amides is 2. The van der Waals surface area contributed by atoms with E-state index in [4.69, 9.17) is 0 Å². The van der Waals surface area contributed by atoms with Crippen molar-refractivity contribution in [3.63, 3.8) is 0 Å². The quantitative estimate of drug-likeness (QED) is 0.470. The monoisotopic (exact) mass is 466 g/mol. The zero-order valence-corrected chi connectivity index (χ0v) is 19.8. The van der Waals surface area contributed by atoms with Gasteiger partial charge in [-0.15, -0.1) is 22.0 Å². The van der Waals surface area contributed by atoms with Crippen LogP contribution in [0.3, 0.4) is 0 Å². The number of rotatable bonds is 8. The first kappa shape index (κ1) is 22.5. The lowest BCUT2D eigenvalue weighted by Gasteiger charge is -2.16. The predicted octanol–water partition coefficient (Wildman–Crippen LogP) is 5.05. The highest BCUT2D eigenvalue weighted by atomic mass is 32.2. The first-order valence-corrected chi connectivity index (χ1v) is 12.5. The molecule has 0 spiro atoms. The minimum atomic E-state index is -0.0764. The minimum Gasteiger partial charge on any atom is -0.312 e. The molecule has 0 radical (unpaired) electrons. The van der Waals surface area contributed by atoms with Crippen molar-refractivity contribution in [2.45, 2.75) is 43.9 Å². The summed E-state index contributed by atoms with van der Waals surface area (Å²) in [6.07, 6.45) is 1.78. The maximum absolute atomic E-state index is 12.6. The number of anilines is 2. The summed E-state index contributed by atoms with van der Waals surface area (Å²) in [5.74, 6) is 0.706. The molecule has 1 atom stereocenters. The van der Waals surface area contributed by atoms with E-state index in [1.807, 2.05) is 17.0 Å². The molecule has 6 nitrogen and oxygen atoms in total. The smallest absolute Gasteiger partial charge is 0.227 e. The molecule has 1 aromatic heterocycles. The second-order valence-corrected chi connectivity index (χ2v) is 10.0. The number of aromatic nitrogens is 2. The molecular formula is C24H26N4O2S2. The van der Waals surface area contributed by atoms with Crippen LogP contribution in [-0.4, -0.2) is 34.3 Å². The van der Waals surface area contributed by atoms with Gasteiger partial charge in [-0.2, -0.15) is 0 Å². The third-order valence-corrected chi connectivity index (χ3v) is 7.45. The van der Waals surface area contributed by atoms with E-state index in [0.717, 1.165) is 22.0 Å². The van der Waals surface area contributed by atoms with Crippen molar-refractivity contribution >= 4 is 45.7 Å². The highest BCUT2D eigenvalue weighted by Gasteiger charge is 2.34. The fourth-order valence-corrected chi connectivity index (χ4v) is 5.26. The van der Waals surface area contributed by atoms with E-state index in [0.29, 0.717) is 30.3 Å². The lowest BCUT2D eigenvalue weighted by molar-refractivity contribution is -0.117. The van der Waals surface area contributed by atoms with Gasteiger partial charge >= 0.3 is 0 Å². The molecule has 1 fully saturated rings. The van der Waals surface area contributed by atoms with Gasteiger partial charge in [-0.1, -0.05) is 48.1 Å². The van der Waals surface area contributed by atoms with Crippen molar-refractivity contribution in [1.29, 1.82) is 0 Å². The molecule has 32 heavy (non-hydrogen) atoms. The average molecular weight is 467 g/mol. The van der Waals surface area contributed by atoms with Crippen LogP contribution < -0.4 is 10.2 Å². The zero-order valence-electron chi connectivity index (χ0n) is 18.2. The number of benzene rings is 2. The van der Waals surface area contributed by atoms with Crippen LogP contribution in [0, 0.1) is 6.92 Å². The van der Waals surface area contributed by atoms with E-state index in [1.54, 1.807) is 11.8 Å². The van der Waals surface area contributed by atoms with Gasteiger partial charge in [0.2, 0.25) is 16.9 Å². The van der Waals surface area contributed by atoms with E-state index in [9.17, 15) is 9.59 Å². The molecule has 1 N–H and O–H groups in total. The molecular weight excluding hydrogens is 440 g/mol. The highest BCUT2D eigenvalue weighted by Crippen LogP contribution is 2.34. The topological polar surface area (TPSA) is 75.2 Å². The Balaban J connectivity index is 1.28. The molecule has 0 saturated carbocycles. The van der Waals surface area contributed by atoms with Gasteiger partial charge in [0.25, 0.3) is 0 Å². The zero-order chi connectivity index (χ0) is 22.5. The molecule has 3 aromatic rings. The van der Waals surface area contributed by atoms with E-state index in [2.05, 4.69) is 65.8 Å². The van der Waals surface area contributed by atoms with Gasteiger partial charge in [0.15, 0.2) is 0 Å². The Bertz CT molecular complexity index is 1080. The van der Waals surface area contributed by atoms with Crippen LogP contribution in [0.25, 0.3) is 0 Å². The Morgan fingerprint density at radius 2 is 1.91 bits per heavy atom. The lowest BCUT2D eigenvalue weighted by atomic mass is 10.1. The molecule has 2 heterocycles. The van der Waals surface area contributed by atoms with Crippen LogP contribution in [0.15, 0.2) is 53.4 Å². The van der Waals surface area contributed by atoms with Gasteiger partial charge in [-0.3, -0.25) is 9.59 Å². The number of carbonyl (C=O) groups excluding carboxylic acids is 2. The Morgan fingerprint density at radius 3 is 2.62 bits per heavy atom. The summed E-state index contributed by atoms with van der Waals surface area (Å²) < 4.78 is 0. The first-order chi connectivity index (χ1) is 15.5. The Labute approximate surface area is 196 Å². The van der Waals surface area contributed by atoms with Crippen LogP contribution in [0.5, 0.6) is 0 Å². The number of thioether (sulfide) groups is 1. The standard InChI is InChI=1S/C24H26N4O2S2/c1-3-17-6-8-19(9-7-17)28-15-18(14-22(28)30)23-26-27-24(32-23)25-21(29)12-13-31-20-10-4-16(2)5-11-20/h4-11,18H,3,12-15H2,1-2H3,(H,25,27,29). The molecule has 0 aliphatic carbocycles. The maximum Gasteiger partial charge on any atom is 0.227 e. The summed E-state index contributed by atoms with van der Waals surface area (Å²) in [7, 11) is 0. The van der Waals surface area contributed by atoms with Crippen molar-refractivity contribution in [2.24, 2.45) is 0 Å². The van der Waals surface area contributed by atoms with Gasteiger partial charge in [0.1, 0.15) is 5.01 Å². The van der Waals surface area contributed by atoms with E-state index < -0.39 is 0 Å². The second kappa shape index (κ2) is 10.3. The summed E-state index contributed by atoms with van der Waals surface area (Å²) in [4.78, 5) is 27.8. The normalized spacial score (nSPS) is 15.9. The first-order valence-electron chi connectivity index (χ1n) is 10.7. The highest BCUT2D eigenvalue weighted by molar-refractivity contribution is 7.99. The molecule has 1 unspecified atom stereocenters. The summed E-state index contributed by atoms with van der Waals surface area (Å²) in [5.41, 5.74) is 3.39. The SMILES string of the molecule is CCc1ccc(N2CC(c3nnc(NC(=O)CCSc4ccc(C)cc4)s3)CC2=O)cc1. The van der Waals surface area contributed by atoms with Crippen LogP contribution in [0.1, 0.15) is 41.8 Å². The van der Waals surface area contributed by atoms with Gasteiger partial charge in [-0.25, -0.2) is 0 Å². The molecule has 166 valence electrons. The summed E-state index contributed by atoms with van der Waals surface area (Å²) in [6.45, 7) is 4.75. The van der Waals surface area contributed by atoms with Gasteiger partial charge in [0.05, 0.1) is 0 Å². The van der Waals surface area contributed by atoms with Crippen molar-refractivity contribution in [2.75, 3.05) is 22.5 Å². The Kier molecular flexibility index (Phi) is 7.22. The molecule has 4 rings (SSSR count). The molecule has 1 aliphatic heterocycles. The molecule has 2 aromatic carbocycles. The van der Waals surface area contributed by atoms with E-state index >= 15 is 0 Å². The van der Waals surface area contributed by atoms with Crippen molar-refractivity contribution < 1.29 is 9.59 Å². The third-order valence-electron chi connectivity index (χ3n) is 5.44. The maximum atomic E-state index is 12.6. The van der Waals surface area contributed by atoms with Crippen LogP contribution >= 0.6 is 23.1 Å². The molecule has 1 aliphatic rings. The molecule has 0 bridgehead atoms. The molecule has 1 saturated heterocycles. The van der Waals surface area contributed by atoms with Crippen LogP contribution in [0.2, 0.25) is 0 Å².